The first kappa shape index (κ1) is 16.5. The summed E-state index contributed by atoms with van der Waals surface area (Å²) in [7, 11) is -3.57. The Morgan fingerprint density at radius 3 is 2.71 bits per heavy atom. The molecule has 0 fully saturated rings. The first-order chi connectivity index (χ1) is 10.0. The molecule has 0 aliphatic rings. The zero-order valence-corrected chi connectivity index (χ0v) is 14.8. The highest BCUT2D eigenvalue weighted by molar-refractivity contribution is 9.10. The molecule has 2 N–H and O–H groups in total. The summed E-state index contributed by atoms with van der Waals surface area (Å²) < 4.78 is 28.4. The fourth-order valence-electron chi connectivity index (χ4n) is 1.82. The molecule has 0 saturated heterocycles. The highest BCUT2D eigenvalue weighted by Crippen LogP contribution is 2.27. The monoisotopic (exact) mass is 388 g/mol. The Balaban J connectivity index is 2.20. The summed E-state index contributed by atoms with van der Waals surface area (Å²) in [5.41, 5.74) is 0.538. The number of rotatable bonds is 7. The van der Waals surface area contributed by atoms with Gasteiger partial charge in [-0.05, 0) is 52.5 Å². The number of anilines is 1. The molecule has 0 amide bonds. The van der Waals surface area contributed by atoms with E-state index in [1.54, 1.807) is 29.6 Å². The zero-order chi connectivity index (χ0) is 15.3. The minimum absolute atomic E-state index is 0.340. The van der Waals surface area contributed by atoms with Crippen LogP contribution < -0.4 is 10.0 Å². The molecule has 0 spiro atoms. The van der Waals surface area contributed by atoms with Crippen LogP contribution in [0, 0.1) is 0 Å². The molecule has 1 heterocycles. The van der Waals surface area contributed by atoms with E-state index in [2.05, 4.69) is 32.9 Å². The number of sulfonamides is 1. The summed E-state index contributed by atoms with van der Waals surface area (Å²) in [5, 5.41) is 5.04. The van der Waals surface area contributed by atoms with E-state index in [0.717, 1.165) is 22.3 Å². The summed E-state index contributed by atoms with van der Waals surface area (Å²) in [5.74, 6) is 0. The van der Waals surface area contributed by atoms with Crippen LogP contribution in [0.2, 0.25) is 0 Å². The molecular formula is C14H17BrN2O2S2. The summed E-state index contributed by atoms with van der Waals surface area (Å²) in [6.45, 7) is 3.51. The number of thiophene rings is 1. The summed E-state index contributed by atoms with van der Waals surface area (Å²) in [4.78, 5) is 1.16. The van der Waals surface area contributed by atoms with Crippen molar-refractivity contribution in [2.24, 2.45) is 0 Å². The van der Waals surface area contributed by atoms with Gasteiger partial charge in [0.25, 0.3) is 10.0 Å². The molecule has 7 heteroatoms. The fourth-order valence-corrected chi connectivity index (χ4v) is 4.83. The topological polar surface area (TPSA) is 58.2 Å². The normalized spacial score (nSPS) is 11.5. The molecule has 1 aromatic carbocycles. The van der Waals surface area contributed by atoms with E-state index in [9.17, 15) is 8.42 Å². The van der Waals surface area contributed by atoms with Crippen molar-refractivity contribution in [2.45, 2.75) is 24.8 Å². The molecule has 0 radical (unpaired) electrons. The van der Waals surface area contributed by atoms with E-state index in [1.807, 2.05) is 6.07 Å². The van der Waals surface area contributed by atoms with Crippen molar-refractivity contribution < 1.29 is 8.42 Å². The molecule has 2 rings (SSSR count). The average molecular weight is 389 g/mol. The molecule has 114 valence electrons. The molecule has 2 aromatic rings. The van der Waals surface area contributed by atoms with Gasteiger partial charge in [0.05, 0.1) is 5.69 Å². The fraction of sp³-hybridized carbons (Fsp3) is 0.286. The van der Waals surface area contributed by atoms with Crippen molar-refractivity contribution in [2.75, 3.05) is 11.3 Å². The molecule has 0 atom stereocenters. The van der Waals surface area contributed by atoms with Gasteiger partial charge in [-0.2, -0.15) is 0 Å². The Hall–Kier alpha value is -0.890. The third kappa shape index (κ3) is 4.29. The van der Waals surface area contributed by atoms with Crippen LogP contribution in [0.5, 0.6) is 0 Å². The lowest BCUT2D eigenvalue weighted by atomic mass is 10.3. The van der Waals surface area contributed by atoms with E-state index in [-0.39, 0.29) is 0 Å². The number of nitrogens with one attached hydrogen (secondary N) is 2. The highest BCUT2D eigenvalue weighted by Gasteiger charge is 2.20. The maximum atomic E-state index is 12.5. The van der Waals surface area contributed by atoms with E-state index in [1.165, 1.54) is 11.3 Å². The van der Waals surface area contributed by atoms with Crippen LogP contribution in [-0.4, -0.2) is 15.0 Å². The van der Waals surface area contributed by atoms with Crippen molar-refractivity contribution in [1.82, 2.24) is 5.32 Å². The predicted octanol–water partition coefficient (Wildman–Crippen LogP) is 3.81. The molecule has 0 bridgehead atoms. The first-order valence-corrected chi connectivity index (χ1v) is 9.74. The third-order valence-electron chi connectivity index (χ3n) is 2.82. The Kier molecular flexibility index (Phi) is 5.80. The standard InChI is InChI=1S/C14H17BrN2O2S2/c1-2-8-16-10-13-14(7-9-20-13)21(18,19)17-12-6-4-3-5-11(12)15/h3-7,9,16-17H,2,8,10H2,1H3. The van der Waals surface area contributed by atoms with E-state index >= 15 is 0 Å². The number of benzene rings is 1. The molecule has 0 unspecified atom stereocenters. The molecule has 21 heavy (non-hydrogen) atoms. The largest absolute Gasteiger partial charge is 0.312 e. The van der Waals surface area contributed by atoms with Gasteiger partial charge in [0.2, 0.25) is 0 Å². The summed E-state index contributed by atoms with van der Waals surface area (Å²) >= 11 is 4.79. The SMILES string of the molecule is CCCNCc1sccc1S(=O)(=O)Nc1ccccc1Br. The Labute approximate surface area is 137 Å². The molecular weight excluding hydrogens is 372 g/mol. The van der Waals surface area contributed by atoms with Gasteiger partial charge in [-0.15, -0.1) is 11.3 Å². The van der Waals surface area contributed by atoms with Crippen LogP contribution in [0.25, 0.3) is 0 Å². The van der Waals surface area contributed by atoms with Gasteiger partial charge in [-0.3, -0.25) is 4.72 Å². The smallest absolute Gasteiger partial charge is 0.263 e. The lowest BCUT2D eigenvalue weighted by Gasteiger charge is -2.10. The Morgan fingerprint density at radius 2 is 2.00 bits per heavy atom. The molecule has 1 aromatic heterocycles. The molecule has 4 nitrogen and oxygen atoms in total. The third-order valence-corrected chi connectivity index (χ3v) is 6.02. The summed E-state index contributed by atoms with van der Waals surface area (Å²) in [6, 6.07) is 8.80. The van der Waals surface area contributed by atoms with Gasteiger partial charge >= 0.3 is 0 Å². The molecule has 0 aliphatic carbocycles. The number of hydrogen-bond donors (Lipinski definition) is 2. The Morgan fingerprint density at radius 1 is 1.24 bits per heavy atom. The summed E-state index contributed by atoms with van der Waals surface area (Å²) in [6.07, 6.45) is 1.02. The van der Waals surface area contributed by atoms with Gasteiger partial charge in [0.15, 0.2) is 0 Å². The van der Waals surface area contributed by atoms with E-state index < -0.39 is 10.0 Å². The number of halogens is 1. The molecule has 0 saturated carbocycles. The molecule has 0 aliphatic heterocycles. The van der Waals surface area contributed by atoms with E-state index in [4.69, 9.17) is 0 Å². The maximum absolute atomic E-state index is 12.5. The second-order valence-electron chi connectivity index (χ2n) is 4.47. The van der Waals surface area contributed by atoms with Gasteiger partial charge in [-0.25, -0.2) is 8.42 Å². The lowest BCUT2D eigenvalue weighted by Crippen LogP contribution is -2.18. The van der Waals surface area contributed by atoms with Crippen molar-refractivity contribution in [3.63, 3.8) is 0 Å². The van der Waals surface area contributed by atoms with Crippen LogP contribution in [-0.2, 0) is 16.6 Å². The highest BCUT2D eigenvalue weighted by atomic mass is 79.9. The van der Waals surface area contributed by atoms with E-state index in [0.29, 0.717) is 17.1 Å². The van der Waals surface area contributed by atoms with Gasteiger partial charge in [0, 0.05) is 15.9 Å². The second kappa shape index (κ2) is 7.40. The van der Waals surface area contributed by atoms with Crippen LogP contribution in [0.1, 0.15) is 18.2 Å². The quantitative estimate of drug-likeness (QED) is 0.708. The van der Waals surface area contributed by atoms with Crippen LogP contribution in [0.4, 0.5) is 5.69 Å². The van der Waals surface area contributed by atoms with Crippen LogP contribution in [0.15, 0.2) is 45.1 Å². The van der Waals surface area contributed by atoms with Gasteiger partial charge < -0.3 is 5.32 Å². The van der Waals surface area contributed by atoms with Crippen molar-refractivity contribution in [3.8, 4) is 0 Å². The predicted molar refractivity (Wildman–Crippen MR) is 91.3 cm³/mol. The van der Waals surface area contributed by atoms with Crippen LogP contribution in [0.3, 0.4) is 0 Å². The number of para-hydroxylation sites is 1. The second-order valence-corrected chi connectivity index (χ2v) is 7.98. The Bertz CT molecular complexity index is 699. The minimum atomic E-state index is -3.57. The minimum Gasteiger partial charge on any atom is -0.312 e. The lowest BCUT2D eigenvalue weighted by molar-refractivity contribution is 0.599. The zero-order valence-electron chi connectivity index (χ0n) is 11.6. The van der Waals surface area contributed by atoms with Gasteiger partial charge in [-0.1, -0.05) is 19.1 Å². The van der Waals surface area contributed by atoms with Crippen molar-refractivity contribution >= 4 is 43.0 Å². The average Bonchev–Trinajstić information content (AvgIpc) is 2.91. The van der Waals surface area contributed by atoms with Crippen LogP contribution >= 0.6 is 27.3 Å². The number of hydrogen-bond acceptors (Lipinski definition) is 4. The maximum Gasteiger partial charge on any atom is 0.263 e. The first-order valence-electron chi connectivity index (χ1n) is 6.59. The van der Waals surface area contributed by atoms with Crippen molar-refractivity contribution in [3.05, 3.63) is 45.1 Å². The van der Waals surface area contributed by atoms with Crippen molar-refractivity contribution in [1.29, 1.82) is 0 Å². The van der Waals surface area contributed by atoms with Gasteiger partial charge in [0.1, 0.15) is 4.90 Å².